The molecule has 2 aromatic rings. The molecule has 26 heavy (non-hydrogen) atoms. The molecule has 0 bridgehead atoms. The molecule has 1 aliphatic heterocycles. The Balaban J connectivity index is 1.60. The van der Waals surface area contributed by atoms with Crippen LogP contribution in [0.15, 0.2) is 42.5 Å². The van der Waals surface area contributed by atoms with Crippen LogP contribution in [0.4, 0.5) is 5.69 Å². The van der Waals surface area contributed by atoms with E-state index in [9.17, 15) is 0 Å². The largest absolute Gasteiger partial charge is 0.385 e. The molecule has 1 aliphatic rings. The zero-order valence-corrected chi connectivity index (χ0v) is 16.6. The topological polar surface area (TPSA) is 18.5 Å². The van der Waals surface area contributed by atoms with Crippen LogP contribution < -0.4 is 5.32 Å². The molecular weight excluding hydrogens is 318 g/mol. The lowest BCUT2D eigenvalue weighted by atomic mass is 10.0. The van der Waals surface area contributed by atoms with E-state index in [2.05, 4.69) is 78.5 Å². The van der Waals surface area contributed by atoms with Crippen LogP contribution in [0.2, 0.25) is 0 Å². The summed E-state index contributed by atoms with van der Waals surface area (Å²) in [6, 6.07) is 15.9. The highest BCUT2D eigenvalue weighted by Gasteiger charge is 2.13. The molecule has 0 spiro atoms. The predicted octanol–water partition coefficient (Wildman–Crippen LogP) is 4.27. The van der Waals surface area contributed by atoms with Gasteiger partial charge in [0.1, 0.15) is 0 Å². The van der Waals surface area contributed by atoms with Crippen molar-refractivity contribution in [2.24, 2.45) is 0 Å². The van der Waals surface area contributed by atoms with Gasteiger partial charge in [0, 0.05) is 45.0 Å². The van der Waals surface area contributed by atoms with Gasteiger partial charge in [-0.3, -0.25) is 0 Å². The molecule has 0 atom stereocenters. The minimum absolute atomic E-state index is 1.02. The first-order valence-corrected chi connectivity index (χ1v) is 10.0. The zero-order valence-electron chi connectivity index (χ0n) is 16.6. The SMILES string of the molecule is CCCNc1cc(-c2ccc(CCN3CCN(C)CC3)cc2)ccc1C. The lowest BCUT2D eigenvalue weighted by Gasteiger charge is -2.32. The Morgan fingerprint density at radius 1 is 0.923 bits per heavy atom. The second-order valence-electron chi connectivity index (χ2n) is 7.55. The molecule has 0 saturated carbocycles. The Bertz CT molecular complexity index is 685. The Hall–Kier alpha value is -1.84. The van der Waals surface area contributed by atoms with Crippen LogP contribution in [0.25, 0.3) is 11.1 Å². The first kappa shape index (κ1) is 18.9. The van der Waals surface area contributed by atoms with Gasteiger partial charge in [-0.15, -0.1) is 0 Å². The van der Waals surface area contributed by atoms with Crippen LogP contribution in [-0.2, 0) is 6.42 Å². The zero-order chi connectivity index (χ0) is 18.4. The number of likely N-dealkylation sites (N-methyl/N-ethyl adjacent to an activating group) is 1. The summed E-state index contributed by atoms with van der Waals surface area (Å²) in [6.45, 7) is 11.4. The molecule has 3 nitrogen and oxygen atoms in total. The fourth-order valence-corrected chi connectivity index (χ4v) is 3.47. The molecular formula is C23H33N3. The van der Waals surface area contributed by atoms with E-state index in [1.54, 1.807) is 0 Å². The van der Waals surface area contributed by atoms with Gasteiger partial charge in [-0.25, -0.2) is 0 Å². The molecule has 1 saturated heterocycles. The van der Waals surface area contributed by atoms with Gasteiger partial charge in [-0.05, 0) is 55.1 Å². The lowest BCUT2D eigenvalue weighted by molar-refractivity contribution is 0.155. The van der Waals surface area contributed by atoms with Crippen LogP contribution >= 0.6 is 0 Å². The summed E-state index contributed by atoms with van der Waals surface area (Å²) in [5, 5.41) is 3.53. The number of piperazine rings is 1. The Kier molecular flexibility index (Phi) is 6.70. The molecule has 0 aliphatic carbocycles. The third-order valence-corrected chi connectivity index (χ3v) is 5.40. The molecule has 2 aromatic carbocycles. The summed E-state index contributed by atoms with van der Waals surface area (Å²) in [7, 11) is 2.21. The minimum atomic E-state index is 1.02. The highest BCUT2D eigenvalue weighted by molar-refractivity contribution is 5.70. The van der Waals surface area contributed by atoms with Crippen molar-refractivity contribution >= 4 is 5.69 Å². The monoisotopic (exact) mass is 351 g/mol. The van der Waals surface area contributed by atoms with E-state index in [1.807, 2.05) is 0 Å². The first-order valence-electron chi connectivity index (χ1n) is 10.0. The molecule has 140 valence electrons. The van der Waals surface area contributed by atoms with Crippen molar-refractivity contribution in [3.8, 4) is 11.1 Å². The summed E-state index contributed by atoms with van der Waals surface area (Å²) >= 11 is 0. The Morgan fingerprint density at radius 2 is 1.62 bits per heavy atom. The highest BCUT2D eigenvalue weighted by Crippen LogP contribution is 2.26. The third kappa shape index (κ3) is 5.09. The van der Waals surface area contributed by atoms with Crippen LogP contribution in [0, 0.1) is 6.92 Å². The van der Waals surface area contributed by atoms with Crippen molar-refractivity contribution in [2.75, 3.05) is 51.6 Å². The first-order chi connectivity index (χ1) is 12.7. The quantitative estimate of drug-likeness (QED) is 0.803. The van der Waals surface area contributed by atoms with Crippen molar-refractivity contribution < 1.29 is 0 Å². The number of benzene rings is 2. The standard InChI is InChI=1S/C23H33N3/c1-4-12-24-23-18-22(8-5-19(23)2)21-9-6-20(7-10-21)11-13-26-16-14-25(3)15-17-26/h5-10,18,24H,4,11-17H2,1-3H3. The van der Waals surface area contributed by atoms with Crippen LogP contribution in [0.3, 0.4) is 0 Å². The molecule has 0 amide bonds. The van der Waals surface area contributed by atoms with E-state index in [0.717, 1.165) is 19.4 Å². The van der Waals surface area contributed by atoms with Gasteiger partial charge >= 0.3 is 0 Å². The molecule has 3 rings (SSSR count). The highest BCUT2D eigenvalue weighted by atomic mass is 15.2. The van der Waals surface area contributed by atoms with E-state index in [-0.39, 0.29) is 0 Å². The number of nitrogens with one attached hydrogen (secondary N) is 1. The Morgan fingerprint density at radius 3 is 2.31 bits per heavy atom. The van der Waals surface area contributed by atoms with Gasteiger partial charge < -0.3 is 15.1 Å². The van der Waals surface area contributed by atoms with E-state index >= 15 is 0 Å². The van der Waals surface area contributed by atoms with Gasteiger partial charge in [-0.1, -0.05) is 43.3 Å². The van der Waals surface area contributed by atoms with E-state index in [4.69, 9.17) is 0 Å². The molecule has 0 unspecified atom stereocenters. The summed E-state index contributed by atoms with van der Waals surface area (Å²) in [6.07, 6.45) is 2.28. The summed E-state index contributed by atoms with van der Waals surface area (Å²) in [5.41, 5.74) is 6.59. The molecule has 0 aromatic heterocycles. The minimum Gasteiger partial charge on any atom is -0.385 e. The normalized spacial score (nSPS) is 16.0. The van der Waals surface area contributed by atoms with Crippen molar-refractivity contribution in [1.29, 1.82) is 0 Å². The predicted molar refractivity (Wildman–Crippen MR) is 113 cm³/mol. The average Bonchev–Trinajstić information content (AvgIpc) is 2.67. The smallest absolute Gasteiger partial charge is 0.0376 e. The van der Waals surface area contributed by atoms with Gasteiger partial charge in [0.25, 0.3) is 0 Å². The third-order valence-electron chi connectivity index (χ3n) is 5.40. The van der Waals surface area contributed by atoms with Crippen molar-refractivity contribution in [3.63, 3.8) is 0 Å². The van der Waals surface area contributed by atoms with Crippen molar-refractivity contribution in [3.05, 3.63) is 53.6 Å². The number of nitrogens with zero attached hydrogens (tertiary/aromatic N) is 2. The number of aryl methyl sites for hydroxylation is 1. The summed E-state index contributed by atoms with van der Waals surface area (Å²) in [4.78, 5) is 5.00. The van der Waals surface area contributed by atoms with Gasteiger partial charge in [0.15, 0.2) is 0 Å². The molecule has 1 fully saturated rings. The van der Waals surface area contributed by atoms with Crippen LogP contribution in [0.5, 0.6) is 0 Å². The number of hydrogen-bond acceptors (Lipinski definition) is 3. The van der Waals surface area contributed by atoms with Gasteiger partial charge in [-0.2, -0.15) is 0 Å². The van der Waals surface area contributed by atoms with Crippen LogP contribution in [-0.4, -0.2) is 56.1 Å². The summed E-state index contributed by atoms with van der Waals surface area (Å²) in [5.74, 6) is 0. The lowest BCUT2D eigenvalue weighted by Crippen LogP contribution is -2.45. The van der Waals surface area contributed by atoms with Crippen molar-refractivity contribution in [2.45, 2.75) is 26.7 Å². The van der Waals surface area contributed by atoms with E-state index < -0.39 is 0 Å². The number of hydrogen-bond donors (Lipinski definition) is 1. The van der Waals surface area contributed by atoms with Gasteiger partial charge in [0.05, 0.1) is 0 Å². The molecule has 3 heteroatoms. The van der Waals surface area contributed by atoms with E-state index in [1.165, 1.54) is 60.7 Å². The maximum atomic E-state index is 3.53. The van der Waals surface area contributed by atoms with E-state index in [0.29, 0.717) is 0 Å². The fraction of sp³-hybridized carbons (Fsp3) is 0.478. The average molecular weight is 352 g/mol. The molecule has 0 radical (unpaired) electrons. The Labute approximate surface area is 159 Å². The molecule has 1 heterocycles. The number of anilines is 1. The fourth-order valence-electron chi connectivity index (χ4n) is 3.47. The molecule has 1 N–H and O–H groups in total. The van der Waals surface area contributed by atoms with Crippen LogP contribution in [0.1, 0.15) is 24.5 Å². The number of rotatable bonds is 7. The van der Waals surface area contributed by atoms with Gasteiger partial charge in [0.2, 0.25) is 0 Å². The summed E-state index contributed by atoms with van der Waals surface area (Å²) < 4.78 is 0. The maximum Gasteiger partial charge on any atom is 0.0376 e. The van der Waals surface area contributed by atoms with Crippen molar-refractivity contribution in [1.82, 2.24) is 9.80 Å². The second-order valence-corrected chi connectivity index (χ2v) is 7.55. The maximum absolute atomic E-state index is 3.53. The second kappa shape index (κ2) is 9.20.